The molecule has 2 saturated heterocycles. The minimum Gasteiger partial charge on any atom is -0.447 e. The quantitative estimate of drug-likeness (QED) is 0.486. The van der Waals surface area contributed by atoms with Crippen LogP contribution in [0.3, 0.4) is 0 Å². The Morgan fingerprint density at radius 3 is 2.62 bits per heavy atom. The molecule has 0 aliphatic carbocycles. The van der Waals surface area contributed by atoms with E-state index in [9.17, 15) is 27.5 Å². The Balaban J connectivity index is 1.39. The van der Waals surface area contributed by atoms with Crippen molar-refractivity contribution >= 4 is 35.1 Å². The molecule has 37 heavy (non-hydrogen) atoms. The van der Waals surface area contributed by atoms with Gasteiger partial charge in [-0.3, -0.25) is 0 Å². The van der Waals surface area contributed by atoms with Crippen LogP contribution in [0.5, 0.6) is 5.75 Å². The van der Waals surface area contributed by atoms with Gasteiger partial charge < -0.3 is 24.8 Å². The molecule has 1 unspecified atom stereocenters. The molecule has 1 amide bonds. The van der Waals surface area contributed by atoms with Gasteiger partial charge in [0.25, 0.3) is 0 Å². The van der Waals surface area contributed by atoms with Gasteiger partial charge in [0.15, 0.2) is 11.6 Å². The van der Waals surface area contributed by atoms with Crippen LogP contribution in [0.4, 0.5) is 39.8 Å². The summed E-state index contributed by atoms with van der Waals surface area (Å²) in [5, 5.41) is 13.0. The molecule has 3 heterocycles. The third-order valence-electron chi connectivity index (χ3n) is 6.53. The highest BCUT2D eigenvalue weighted by Crippen LogP contribution is 2.35. The zero-order valence-electron chi connectivity index (χ0n) is 20.0. The molecule has 1 aromatic heterocycles. The number of benzene rings is 1. The molecule has 2 aliphatic rings. The first-order valence-corrected chi connectivity index (χ1v) is 12.0. The number of cyclic esters (lactones) is 1. The van der Waals surface area contributed by atoms with E-state index in [-0.39, 0.29) is 35.4 Å². The molecule has 9 nitrogen and oxygen atoms in total. The van der Waals surface area contributed by atoms with Gasteiger partial charge in [0.2, 0.25) is 5.95 Å². The fraction of sp³-hybridized carbons (Fsp3) is 0.522. The number of piperidine rings is 1. The van der Waals surface area contributed by atoms with Crippen molar-refractivity contribution in [1.82, 2.24) is 9.97 Å². The SMILES string of the molecule is C[C@H](O)C1COC(=O)N1c1nc(N[C@@H](C)C2CCN(c3ccc(Cl)c(OC(F)(F)F)c3)CC2)ncc1F. The number of nitrogens with one attached hydrogen (secondary N) is 1. The number of hydrogen-bond acceptors (Lipinski definition) is 8. The fourth-order valence-corrected chi connectivity index (χ4v) is 4.66. The lowest BCUT2D eigenvalue weighted by Crippen LogP contribution is -2.42. The standard InChI is InChI=1S/C23H26ClF4N5O4/c1-12(30-21-29-10-17(25)20(31-21)33-18(13(2)34)11-36-22(33)35)14-5-7-32(8-6-14)15-3-4-16(24)19(9-15)37-23(26,27)28/h3-4,9-10,12-14,18,34H,5-8,11H2,1-2H3,(H,29,30,31)/t12-,13-,18?/m0/s1. The van der Waals surface area contributed by atoms with E-state index in [0.717, 1.165) is 11.1 Å². The molecule has 2 aliphatic heterocycles. The Bertz CT molecular complexity index is 1130. The lowest BCUT2D eigenvalue weighted by molar-refractivity contribution is -0.274. The Labute approximate surface area is 215 Å². The van der Waals surface area contributed by atoms with Gasteiger partial charge in [-0.05, 0) is 44.7 Å². The number of halogens is 5. The second kappa shape index (κ2) is 10.7. The van der Waals surface area contributed by atoms with Gasteiger partial charge in [-0.2, -0.15) is 4.98 Å². The maximum atomic E-state index is 14.5. The second-order valence-corrected chi connectivity index (χ2v) is 9.45. The zero-order valence-corrected chi connectivity index (χ0v) is 20.8. The number of alkyl halides is 3. The smallest absolute Gasteiger partial charge is 0.447 e. The largest absolute Gasteiger partial charge is 0.573 e. The summed E-state index contributed by atoms with van der Waals surface area (Å²) >= 11 is 5.85. The maximum absolute atomic E-state index is 14.5. The first kappa shape index (κ1) is 27.0. The van der Waals surface area contributed by atoms with Crippen molar-refractivity contribution in [2.45, 2.75) is 51.2 Å². The summed E-state index contributed by atoms with van der Waals surface area (Å²) in [6, 6.07) is 3.38. The predicted octanol–water partition coefficient (Wildman–Crippen LogP) is 4.59. The van der Waals surface area contributed by atoms with Gasteiger partial charge in [0.1, 0.15) is 18.4 Å². The number of hydrogen-bond donors (Lipinski definition) is 2. The molecule has 3 atom stereocenters. The summed E-state index contributed by atoms with van der Waals surface area (Å²) < 4.78 is 61.4. The summed E-state index contributed by atoms with van der Waals surface area (Å²) in [4.78, 5) is 23.2. The molecule has 1 aromatic carbocycles. The number of anilines is 3. The van der Waals surface area contributed by atoms with Crippen molar-refractivity contribution in [2.24, 2.45) is 5.92 Å². The Morgan fingerprint density at radius 1 is 1.27 bits per heavy atom. The lowest BCUT2D eigenvalue weighted by atomic mass is 9.90. The average Bonchev–Trinajstić information content (AvgIpc) is 3.22. The van der Waals surface area contributed by atoms with Gasteiger partial charge in [-0.25, -0.2) is 19.1 Å². The van der Waals surface area contributed by atoms with Crippen LogP contribution in [0.1, 0.15) is 26.7 Å². The van der Waals surface area contributed by atoms with Crippen LogP contribution in [0.25, 0.3) is 0 Å². The Morgan fingerprint density at radius 2 is 1.97 bits per heavy atom. The number of carbonyl (C=O) groups is 1. The number of carbonyl (C=O) groups excluding carboxylic acids is 1. The predicted molar refractivity (Wildman–Crippen MR) is 127 cm³/mol. The molecule has 2 N–H and O–H groups in total. The van der Waals surface area contributed by atoms with Crippen LogP contribution in [0, 0.1) is 11.7 Å². The average molecular weight is 548 g/mol. The molecular weight excluding hydrogens is 522 g/mol. The van der Waals surface area contributed by atoms with Crippen molar-refractivity contribution in [3.8, 4) is 5.75 Å². The van der Waals surface area contributed by atoms with E-state index in [0.29, 0.717) is 31.6 Å². The Hall–Kier alpha value is -3.06. The second-order valence-electron chi connectivity index (χ2n) is 9.04. The number of aliphatic hydroxyl groups excluding tert-OH is 1. The third-order valence-corrected chi connectivity index (χ3v) is 6.84. The monoisotopic (exact) mass is 547 g/mol. The van der Waals surface area contributed by atoms with Crippen LogP contribution >= 0.6 is 11.6 Å². The fourth-order valence-electron chi connectivity index (χ4n) is 4.50. The van der Waals surface area contributed by atoms with Crippen LogP contribution < -0.4 is 19.9 Å². The molecule has 202 valence electrons. The number of aliphatic hydroxyl groups is 1. The number of amides is 1. The number of rotatable bonds is 7. The van der Waals surface area contributed by atoms with Gasteiger partial charge in [-0.15, -0.1) is 13.2 Å². The molecule has 0 bridgehead atoms. The van der Waals surface area contributed by atoms with E-state index in [2.05, 4.69) is 20.0 Å². The maximum Gasteiger partial charge on any atom is 0.573 e. The third kappa shape index (κ3) is 6.27. The van der Waals surface area contributed by atoms with Crippen molar-refractivity contribution < 1.29 is 36.9 Å². The highest BCUT2D eigenvalue weighted by atomic mass is 35.5. The van der Waals surface area contributed by atoms with Crippen molar-refractivity contribution in [1.29, 1.82) is 0 Å². The molecule has 0 spiro atoms. The zero-order chi connectivity index (χ0) is 26.9. The Kier molecular flexibility index (Phi) is 7.83. The lowest BCUT2D eigenvalue weighted by Gasteiger charge is -2.36. The molecule has 0 saturated carbocycles. The van der Waals surface area contributed by atoms with E-state index < -0.39 is 36.2 Å². The van der Waals surface area contributed by atoms with Gasteiger partial charge in [0, 0.05) is 30.9 Å². The summed E-state index contributed by atoms with van der Waals surface area (Å²) in [7, 11) is 0. The molecule has 0 radical (unpaired) electrons. The van der Waals surface area contributed by atoms with E-state index in [1.54, 1.807) is 6.07 Å². The van der Waals surface area contributed by atoms with E-state index in [1.165, 1.54) is 19.1 Å². The van der Waals surface area contributed by atoms with Crippen molar-refractivity contribution in [3.05, 3.63) is 35.2 Å². The minimum absolute atomic E-state index is 0.0882. The van der Waals surface area contributed by atoms with Crippen LogP contribution in [-0.4, -0.2) is 65.4 Å². The summed E-state index contributed by atoms with van der Waals surface area (Å²) in [5.74, 6) is -1.29. The van der Waals surface area contributed by atoms with Crippen LogP contribution in [0.15, 0.2) is 24.4 Å². The number of nitrogens with zero attached hydrogens (tertiary/aromatic N) is 4. The molecule has 2 fully saturated rings. The number of aromatic nitrogens is 2. The number of ether oxygens (including phenoxy) is 2. The van der Waals surface area contributed by atoms with Gasteiger partial charge in [-0.1, -0.05) is 11.6 Å². The van der Waals surface area contributed by atoms with Crippen molar-refractivity contribution in [3.63, 3.8) is 0 Å². The first-order valence-electron chi connectivity index (χ1n) is 11.7. The van der Waals surface area contributed by atoms with E-state index in [4.69, 9.17) is 16.3 Å². The van der Waals surface area contributed by atoms with Crippen LogP contribution in [-0.2, 0) is 4.74 Å². The van der Waals surface area contributed by atoms with Crippen molar-refractivity contribution in [2.75, 3.05) is 34.8 Å². The summed E-state index contributed by atoms with van der Waals surface area (Å²) in [6.07, 6.45) is -4.23. The minimum atomic E-state index is -4.84. The van der Waals surface area contributed by atoms with E-state index >= 15 is 0 Å². The normalized spacial score (nSPS) is 20.5. The summed E-state index contributed by atoms with van der Waals surface area (Å²) in [6.45, 7) is 4.46. The van der Waals surface area contributed by atoms with Gasteiger partial charge >= 0.3 is 12.5 Å². The topological polar surface area (TPSA) is 100 Å². The van der Waals surface area contributed by atoms with Crippen LogP contribution in [0.2, 0.25) is 5.02 Å². The summed E-state index contributed by atoms with van der Waals surface area (Å²) in [5.41, 5.74) is 0.569. The highest BCUT2D eigenvalue weighted by molar-refractivity contribution is 6.32. The highest BCUT2D eigenvalue weighted by Gasteiger charge is 2.40. The van der Waals surface area contributed by atoms with E-state index in [1.807, 2.05) is 11.8 Å². The molecule has 2 aromatic rings. The molecule has 14 heteroatoms. The molecule has 4 rings (SSSR count). The van der Waals surface area contributed by atoms with Gasteiger partial charge in [0.05, 0.1) is 17.3 Å². The first-order chi connectivity index (χ1) is 17.4. The molecular formula is C23H26ClF4N5O4.